The quantitative estimate of drug-likeness (QED) is 0.355. The smallest absolute Gasteiger partial charge is 0.137 e. The standard InChI is InChI=1S/C24H30BrNO5/c25-12-16-31-23-17-26(24(27)28)13-11-22(23)20-7-9-21(10-8-20)30-15-4-14-29-18-19-5-2-1-3-6-19/h1-3,5-10,22-23H,4,11-18H2,(H,27,28)/p-1. The lowest BCUT2D eigenvalue weighted by atomic mass is 9.87. The number of amides is 1. The van der Waals surface area contributed by atoms with Gasteiger partial charge in [-0.3, -0.25) is 0 Å². The Balaban J connectivity index is 1.43. The number of rotatable bonds is 11. The maximum Gasteiger partial charge on any atom is 0.137 e. The van der Waals surface area contributed by atoms with Crippen molar-refractivity contribution in [2.24, 2.45) is 0 Å². The van der Waals surface area contributed by atoms with Gasteiger partial charge in [0.05, 0.1) is 32.5 Å². The number of alkyl halides is 1. The summed E-state index contributed by atoms with van der Waals surface area (Å²) in [4.78, 5) is 12.6. The van der Waals surface area contributed by atoms with Crippen LogP contribution in [0.3, 0.4) is 0 Å². The molecule has 1 amide bonds. The molecule has 1 fully saturated rings. The Morgan fingerprint density at radius 1 is 1.06 bits per heavy atom. The van der Waals surface area contributed by atoms with E-state index in [0.717, 1.165) is 17.7 Å². The van der Waals surface area contributed by atoms with Crippen molar-refractivity contribution < 1.29 is 24.1 Å². The lowest BCUT2D eigenvalue weighted by Gasteiger charge is -2.39. The van der Waals surface area contributed by atoms with Crippen LogP contribution in [0.15, 0.2) is 54.6 Å². The van der Waals surface area contributed by atoms with E-state index in [1.165, 1.54) is 10.5 Å². The molecule has 2 atom stereocenters. The summed E-state index contributed by atoms with van der Waals surface area (Å²) in [5.74, 6) is 0.965. The first-order valence-corrected chi connectivity index (χ1v) is 11.8. The molecule has 168 valence electrons. The molecule has 0 aromatic heterocycles. The molecule has 3 rings (SSSR count). The van der Waals surface area contributed by atoms with Gasteiger partial charge in [0, 0.05) is 30.8 Å². The van der Waals surface area contributed by atoms with E-state index in [-0.39, 0.29) is 12.0 Å². The Hall–Kier alpha value is -2.09. The molecule has 2 aromatic rings. The van der Waals surface area contributed by atoms with Crippen molar-refractivity contribution >= 4 is 22.0 Å². The second kappa shape index (κ2) is 12.7. The lowest BCUT2D eigenvalue weighted by Crippen LogP contribution is -2.51. The molecule has 7 heteroatoms. The number of likely N-dealkylation sites (tertiary alicyclic amines) is 1. The lowest BCUT2D eigenvalue weighted by molar-refractivity contribution is -0.268. The molecule has 0 bridgehead atoms. The Labute approximate surface area is 192 Å². The summed E-state index contributed by atoms with van der Waals surface area (Å²) in [5, 5.41) is 11.9. The molecule has 1 saturated heterocycles. The van der Waals surface area contributed by atoms with Gasteiger partial charge < -0.3 is 29.0 Å². The molecule has 2 unspecified atom stereocenters. The third-order valence-electron chi connectivity index (χ3n) is 5.35. The SMILES string of the molecule is O=C([O-])N1CCC(c2ccc(OCCCOCc3ccccc3)cc2)C(OCCBr)C1. The Kier molecular flexibility index (Phi) is 9.65. The number of halogens is 1. The number of carboxylic acid groups (broad SMARTS) is 1. The van der Waals surface area contributed by atoms with E-state index in [4.69, 9.17) is 14.2 Å². The van der Waals surface area contributed by atoms with Gasteiger partial charge in [-0.1, -0.05) is 58.4 Å². The molecule has 1 aliphatic rings. The fourth-order valence-electron chi connectivity index (χ4n) is 3.75. The molecule has 1 heterocycles. The highest BCUT2D eigenvalue weighted by atomic mass is 79.9. The predicted octanol–water partition coefficient (Wildman–Crippen LogP) is 3.59. The van der Waals surface area contributed by atoms with Crippen LogP contribution in [0, 0.1) is 0 Å². The highest BCUT2D eigenvalue weighted by molar-refractivity contribution is 9.09. The van der Waals surface area contributed by atoms with Gasteiger partial charge in [0.2, 0.25) is 0 Å². The largest absolute Gasteiger partial charge is 0.530 e. The topological polar surface area (TPSA) is 71.1 Å². The van der Waals surface area contributed by atoms with Crippen LogP contribution in [0.2, 0.25) is 0 Å². The van der Waals surface area contributed by atoms with E-state index in [2.05, 4.69) is 28.1 Å². The van der Waals surface area contributed by atoms with E-state index >= 15 is 0 Å². The second-order valence-electron chi connectivity index (χ2n) is 7.51. The highest BCUT2D eigenvalue weighted by Crippen LogP contribution is 2.31. The zero-order chi connectivity index (χ0) is 21.9. The van der Waals surface area contributed by atoms with Crippen molar-refractivity contribution in [3.05, 3.63) is 65.7 Å². The molecule has 0 spiro atoms. The van der Waals surface area contributed by atoms with Gasteiger partial charge in [0.25, 0.3) is 0 Å². The van der Waals surface area contributed by atoms with Gasteiger partial charge in [-0.25, -0.2) is 0 Å². The molecule has 0 aliphatic carbocycles. The summed E-state index contributed by atoms with van der Waals surface area (Å²) in [6.45, 7) is 3.19. The van der Waals surface area contributed by atoms with Crippen molar-refractivity contribution in [2.75, 3.05) is 38.2 Å². The number of carbonyl (C=O) groups excluding carboxylic acids is 1. The van der Waals surface area contributed by atoms with Gasteiger partial charge in [0.1, 0.15) is 11.8 Å². The predicted molar refractivity (Wildman–Crippen MR) is 121 cm³/mol. The van der Waals surface area contributed by atoms with Crippen LogP contribution in [-0.4, -0.2) is 55.3 Å². The van der Waals surface area contributed by atoms with Crippen LogP contribution in [-0.2, 0) is 16.1 Å². The Bertz CT molecular complexity index is 786. The van der Waals surface area contributed by atoms with Crippen LogP contribution in [0.25, 0.3) is 0 Å². The minimum Gasteiger partial charge on any atom is -0.530 e. The zero-order valence-corrected chi connectivity index (χ0v) is 19.2. The van der Waals surface area contributed by atoms with Crippen molar-refractivity contribution in [2.45, 2.75) is 31.5 Å². The molecule has 1 aliphatic heterocycles. The molecule has 31 heavy (non-hydrogen) atoms. The monoisotopic (exact) mass is 490 g/mol. The number of piperidine rings is 1. The van der Waals surface area contributed by atoms with Gasteiger partial charge in [-0.05, 0) is 29.7 Å². The average molecular weight is 491 g/mol. The fourth-order valence-corrected chi connectivity index (χ4v) is 3.94. The van der Waals surface area contributed by atoms with Crippen molar-refractivity contribution in [3.63, 3.8) is 0 Å². The van der Waals surface area contributed by atoms with E-state index in [9.17, 15) is 9.90 Å². The van der Waals surface area contributed by atoms with E-state index < -0.39 is 6.09 Å². The second-order valence-corrected chi connectivity index (χ2v) is 8.31. The molecule has 2 aromatic carbocycles. The first-order valence-electron chi connectivity index (χ1n) is 10.7. The highest BCUT2D eigenvalue weighted by Gasteiger charge is 2.31. The third-order valence-corrected chi connectivity index (χ3v) is 5.67. The van der Waals surface area contributed by atoms with Crippen LogP contribution < -0.4 is 9.84 Å². The number of ether oxygens (including phenoxy) is 3. The summed E-state index contributed by atoms with van der Waals surface area (Å²) in [6, 6.07) is 18.1. The summed E-state index contributed by atoms with van der Waals surface area (Å²) in [7, 11) is 0. The first-order chi connectivity index (χ1) is 15.2. The molecular formula is C24H29BrNO5-. The summed E-state index contributed by atoms with van der Waals surface area (Å²) >= 11 is 3.36. The van der Waals surface area contributed by atoms with Crippen LogP contribution in [0.1, 0.15) is 29.9 Å². The molecule has 6 nitrogen and oxygen atoms in total. The number of hydrogen-bond donors (Lipinski definition) is 0. The Morgan fingerprint density at radius 2 is 1.84 bits per heavy atom. The van der Waals surface area contributed by atoms with Gasteiger partial charge in [-0.2, -0.15) is 0 Å². The normalized spacial score (nSPS) is 18.7. The minimum atomic E-state index is -1.14. The minimum absolute atomic E-state index is 0.148. The summed E-state index contributed by atoms with van der Waals surface area (Å²) in [5.41, 5.74) is 2.30. The molecule has 0 N–H and O–H groups in total. The van der Waals surface area contributed by atoms with Crippen molar-refractivity contribution in [1.29, 1.82) is 0 Å². The number of nitrogens with zero attached hydrogens (tertiary/aromatic N) is 1. The van der Waals surface area contributed by atoms with Gasteiger partial charge in [-0.15, -0.1) is 0 Å². The average Bonchev–Trinajstić information content (AvgIpc) is 2.81. The number of benzene rings is 2. The van der Waals surface area contributed by atoms with Crippen LogP contribution in [0.4, 0.5) is 4.79 Å². The third kappa shape index (κ3) is 7.52. The van der Waals surface area contributed by atoms with E-state index in [0.29, 0.717) is 51.3 Å². The van der Waals surface area contributed by atoms with Gasteiger partial charge in [0.15, 0.2) is 0 Å². The van der Waals surface area contributed by atoms with Crippen molar-refractivity contribution in [1.82, 2.24) is 4.90 Å². The molecule has 0 saturated carbocycles. The van der Waals surface area contributed by atoms with E-state index in [1.807, 2.05) is 42.5 Å². The molecular weight excluding hydrogens is 462 g/mol. The zero-order valence-electron chi connectivity index (χ0n) is 17.6. The number of hydrogen-bond acceptors (Lipinski definition) is 5. The molecule has 0 radical (unpaired) electrons. The van der Waals surface area contributed by atoms with Gasteiger partial charge >= 0.3 is 0 Å². The maximum atomic E-state index is 11.2. The fraction of sp³-hybridized carbons (Fsp3) is 0.458. The number of carbonyl (C=O) groups is 1. The summed E-state index contributed by atoms with van der Waals surface area (Å²) < 4.78 is 17.4. The maximum absolute atomic E-state index is 11.2. The van der Waals surface area contributed by atoms with E-state index in [1.54, 1.807) is 0 Å². The Morgan fingerprint density at radius 3 is 2.55 bits per heavy atom. The van der Waals surface area contributed by atoms with Crippen LogP contribution >= 0.6 is 15.9 Å². The van der Waals surface area contributed by atoms with Crippen molar-refractivity contribution in [3.8, 4) is 5.75 Å². The summed E-state index contributed by atoms with van der Waals surface area (Å²) in [6.07, 6.45) is 0.207. The first kappa shape index (κ1) is 23.6. The van der Waals surface area contributed by atoms with Crippen LogP contribution in [0.5, 0.6) is 5.75 Å².